The van der Waals surface area contributed by atoms with Crippen LogP contribution in [0, 0.1) is 0 Å². The maximum atomic E-state index is 11.0. The van der Waals surface area contributed by atoms with Gasteiger partial charge in [0.05, 0.1) is 25.4 Å². The fraction of sp³-hybridized carbons (Fsp3) is 0.364. The number of aliphatic hydroxyl groups is 1. The number of rotatable bonds is 7. The third-order valence-corrected chi connectivity index (χ3v) is 1.87. The molecule has 0 spiro atoms. The largest absolute Gasteiger partial charge is 0.490 e. The molecule has 1 rings (SSSR count). The molecule has 0 radical (unpaired) electrons. The highest BCUT2D eigenvalue weighted by atomic mass is 16.5. The van der Waals surface area contributed by atoms with Gasteiger partial charge < -0.3 is 20.3 Å². The van der Waals surface area contributed by atoms with Crippen molar-refractivity contribution in [3.63, 3.8) is 0 Å². The molecule has 0 aliphatic carbocycles. The van der Waals surface area contributed by atoms with E-state index in [1.165, 1.54) is 0 Å². The number of aliphatic hydroxyl groups excluding tert-OH is 1. The van der Waals surface area contributed by atoms with Crippen molar-refractivity contribution in [2.75, 3.05) is 26.4 Å². The molecule has 0 aliphatic heterocycles. The van der Waals surface area contributed by atoms with Crippen LogP contribution in [0.5, 0.6) is 5.75 Å². The van der Waals surface area contributed by atoms with Crippen molar-refractivity contribution in [3.05, 3.63) is 29.8 Å². The van der Waals surface area contributed by atoms with Crippen molar-refractivity contribution < 1.29 is 19.4 Å². The fourth-order valence-electron chi connectivity index (χ4n) is 1.17. The Kier molecular flexibility index (Phi) is 5.31. The summed E-state index contributed by atoms with van der Waals surface area (Å²) in [6, 6.07) is 6.75. The summed E-state index contributed by atoms with van der Waals surface area (Å²) in [4.78, 5) is 11.0. The van der Waals surface area contributed by atoms with Crippen LogP contribution in [-0.4, -0.2) is 37.4 Å². The highest BCUT2D eigenvalue weighted by Crippen LogP contribution is 2.16. The van der Waals surface area contributed by atoms with Crippen LogP contribution in [0.15, 0.2) is 24.3 Å². The molecule has 0 aromatic heterocycles. The van der Waals surface area contributed by atoms with E-state index >= 15 is 0 Å². The summed E-state index contributed by atoms with van der Waals surface area (Å²) in [6.07, 6.45) is 0. The molecule has 0 saturated carbocycles. The van der Waals surface area contributed by atoms with E-state index in [1.54, 1.807) is 24.3 Å². The molecule has 0 fully saturated rings. The Balaban J connectivity index is 2.44. The summed E-state index contributed by atoms with van der Waals surface area (Å²) in [5.74, 6) is -0.0746. The van der Waals surface area contributed by atoms with Gasteiger partial charge >= 0.3 is 0 Å². The van der Waals surface area contributed by atoms with Gasteiger partial charge in [-0.3, -0.25) is 4.79 Å². The third kappa shape index (κ3) is 3.88. The van der Waals surface area contributed by atoms with E-state index in [0.29, 0.717) is 24.5 Å². The lowest BCUT2D eigenvalue weighted by atomic mass is 10.2. The number of para-hydroxylation sites is 1. The van der Waals surface area contributed by atoms with Gasteiger partial charge in [-0.25, -0.2) is 0 Å². The smallest absolute Gasteiger partial charge is 0.252 e. The molecule has 1 aromatic rings. The summed E-state index contributed by atoms with van der Waals surface area (Å²) in [5, 5.41) is 8.47. The van der Waals surface area contributed by atoms with Crippen LogP contribution in [0.2, 0.25) is 0 Å². The second-order valence-corrected chi connectivity index (χ2v) is 3.04. The number of amides is 1. The number of primary amides is 1. The summed E-state index contributed by atoms with van der Waals surface area (Å²) in [5.41, 5.74) is 5.53. The maximum Gasteiger partial charge on any atom is 0.252 e. The Bertz CT molecular complexity index is 341. The molecule has 0 atom stereocenters. The molecular formula is C11H15NO4. The van der Waals surface area contributed by atoms with E-state index in [9.17, 15) is 4.79 Å². The van der Waals surface area contributed by atoms with E-state index < -0.39 is 5.91 Å². The van der Waals surface area contributed by atoms with Crippen molar-refractivity contribution in [1.29, 1.82) is 0 Å². The van der Waals surface area contributed by atoms with Crippen LogP contribution in [0.1, 0.15) is 10.4 Å². The Hall–Kier alpha value is -1.59. The molecule has 0 bridgehead atoms. The molecule has 88 valence electrons. The van der Waals surface area contributed by atoms with Crippen molar-refractivity contribution in [2.24, 2.45) is 5.73 Å². The molecule has 1 amide bonds. The van der Waals surface area contributed by atoms with Crippen LogP contribution in [0.25, 0.3) is 0 Å². The van der Waals surface area contributed by atoms with Crippen molar-refractivity contribution in [2.45, 2.75) is 0 Å². The van der Waals surface area contributed by atoms with Gasteiger partial charge in [-0.1, -0.05) is 12.1 Å². The van der Waals surface area contributed by atoms with Gasteiger partial charge in [0.2, 0.25) is 0 Å². The van der Waals surface area contributed by atoms with Crippen molar-refractivity contribution in [1.82, 2.24) is 0 Å². The standard InChI is InChI=1S/C11H15NO4/c12-11(14)9-3-1-2-4-10(9)16-8-7-15-6-5-13/h1-4,13H,5-8H2,(H2,12,14). The van der Waals surface area contributed by atoms with E-state index in [4.69, 9.17) is 20.3 Å². The molecule has 5 heteroatoms. The number of ether oxygens (including phenoxy) is 2. The van der Waals surface area contributed by atoms with Gasteiger partial charge in [0.1, 0.15) is 12.4 Å². The van der Waals surface area contributed by atoms with Crippen molar-refractivity contribution in [3.8, 4) is 5.75 Å². The monoisotopic (exact) mass is 225 g/mol. The number of nitrogens with two attached hydrogens (primary N) is 1. The van der Waals surface area contributed by atoms with Gasteiger partial charge in [0, 0.05) is 0 Å². The molecule has 3 N–H and O–H groups in total. The van der Waals surface area contributed by atoms with E-state index in [-0.39, 0.29) is 13.2 Å². The summed E-state index contributed by atoms with van der Waals surface area (Å²) < 4.78 is 10.4. The number of carbonyl (C=O) groups is 1. The second-order valence-electron chi connectivity index (χ2n) is 3.04. The quantitative estimate of drug-likeness (QED) is 0.648. The van der Waals surface area contributed by atoms with Crippen LogP contribution >= 0.6 is 0 Å². The SMILES string of the molecule is NC(=O)c1ccccc1OCCOCCO. The zero-order valence-electron chi connectivity index (χ0n) is 8.89. The second kappa shape index (κ2) is 6.81. The van der Waals surface area contributed by atoms with E-state index in [0.717, 1.165) is 0 Å². The van der Waals surface area contributed by atoms with E-state index in [2.05, 4.69) is 0 Å². The lowest BCUT2D eigenvalue weighted by Gasteiger charge is -2.09. The molecule has 0 saturated heterocycles. The Morgan fingerprint density at radius 1 is 1.25 bits per heavy atom. The Morgan fingerprint density at radius 3 is 2.69 bits per heavy atom. The van der Waals surface area contributed by atoms with Gasteiger partial charge in [-0.2, -0.15) is 0 Å². The first-order valence-electron chi connectivity index (χ1n) is 4.96. The fourth-order valence-corrected chi connectivity index (χ4v) is 1.17. The number of hydrogen-bond donors (Lipinski definition) is 2. The third-order valence-electron chi connectivity index (χ3n) is 1.87. The molecule has 1 aromatic carbocycles. The minimum Gasteiger partial charge on any atom is -0.490 e. The minimum absolute atomic E-state index is 0.0160. The van der Waals surface area contributed by atoms with Crippen LogP contribution in [-0.2, 0) is 4.74 Å². The normalized spacial score (nSPS) is 10.1. The van der Waals surface area contributed by atoms with Gasteiger partial charge in [-0.15, -0.1) is 0 Å². The van der Waals surface area contributed by atoms with E-state index in [1.807, 2.05) is 0 Å². The molecule has 0 unspecified atom stereocenters. The first kappa shape index (κ1) is 12.5. The predicted molar refractivity (Wildman–Crippen MR) is 58.4 cm³/mol. The zero-order chi connectivity index (χ0) is 11.8. The number of benzene rings is 1. The molecule has 0 heterocycles. The van der Waals surface area contributed by atoms with Gasteiger partial charge in [-0.05, 0) is 12.1 Å². The maximum absolute atomic E-state index is 11.0. The van der Waals surface area contributed by atoms with Gasteiger partial charge in [0.15, 0.2) is 0 Å². The first-order chi connectivity index (χ1) is 7.75. The van der Waals surface area contributed by atoms with Crippen molar-refractivity contribution >= 4 is 5.91 Å². The summed E-state index contributed by atoms with van der Waals surface area (Å²) in [6.45, 7) is 0.927. The average Bonchev–Trinajstić information content (AvgIpc) is 2.29. The number of hydrogen-bond acceptors (Lipinski definition) is 4. The number of carbonyl (C=O) groups excluding carboxylic acids is 1. The highest BCUT2D eigenvalue weighted by Gasteiger charge is 2.07. The van der Waals surface area contributed by atoms with Crippen LogP contribution in [0.3, 0.4) is 0 Å². The van der Waals surface area contributed by atoms with Gasteiger partial charge in [0.25, 0.3) is 5.91 Å². The topological polar surface area (TPSA) is 81.8 Å². The summed E-state index contributed by atoms with van der Waals surface area (Å²) >= 11 is 0. The molecule has 5 nitrogen and oxygen atoms in total. The molecule has 16 heavy (non-hydrogen) atoms. The predicted octanol–water partition coefficient (Wildman–Crippen LogP) is 0.173. The van der Waals surface area contributed by atoms with Crippen LogP contribution in [0.4, 0.5) is 0 Å². The molecule has 0 aliphatic rings. The Morgan fingerprint density at radius 2 is 2.00 bits per heavy atom. The minimum atomic E-state index is -0.521. The highest BCUT2D eigenvalue weighted by molar-refractivity contribution is 5.95. The summed E-state index contributed by atoms with van der Waals surface area (Å²) in [7, 11) is 0. The lowest BCUT2D eigenvalue weighted by molar-refractivity contribution is 0.0701. The first-order valence-corrected chi connectivity index (χ1v) is 4.96. The Labute approximate surface area is 93.8 Å². The molecular weight excluding hydrogens is 210 g/mol. The lowest BCUT2D eigenvalue weighted by Crippen LogP contribution is -2.15. The van der Waals surface area contributed by atoms with Crippen LogP contribution < -0.4 is 10.5 Å². The zero-order valence-corrected chi connectivity index (χ0v) is 8.89. The average molecular weight is 225 g/mol.